The lowest BCUT2D eigenvalue weighted by molar-refractivity contribution is -0.115. The second-order valence-corrected chi connectivity index (χ2v) is 3.37. The van der Waals surface area contributed by atoms with Crippen molar-refractivity contribution in [2.24, 2.45) is 0 Å². The van der Waals surface area contributed by atoms with Crippen LogP contribution in [0.4, 0.5) is 5.69 Å². The SMILES string of the molecule is N#CCC(=O)Nc1ccccc1-n1ccnc1. The van der Waals surface area contributed by atoms with E-state index in [0.717, 1.165) is 5.69 Å². The molecule has 0 bridgehead atoms. The average Bonchev–Trinajstić information content (AvgIpc) is 2.83. The van der Waals surface area contributed by atoms with E-state index in [0.29, 0.717) is 5.69 Å². The molecule has 5 heteroatoms. The summed E-state index contributed by atoms with van der Waals surface area (Å²) in [5.41, 5.74) is 1.47. The van der Waals surface area contributed by atoms with E-state index in [-0.39, 0.29) is 12.3 Å². The molecule has 0 fully saturated rings. The second-order valence-electron chi connectivity index (χ2n) is 3.37. The van der Waals surface area contributed by atoms with Gasteiger partial charge in [-0.2, -0.15) is 5.26 Å². The summed E-state index contributed by atoms with van der Waals surface area (Å²) in [6.45, 7) is 0. The zero-order chi connectivity index (χ0) is 12.1. The summed E-state index contributed by atoms with van der Waals surface area (Å²) >= 11 is 0. The van der Waals surface area contributed by atoms with Crippen molar-refractivity contribution in [3.05, 3.63) is 43.0 Å². The van der Waals surface area contributed by atoms with Gasteiger partial charge in [0.1, 0.15) is 6.42 Å². The van der Waals surface area contributed by atoms with Gasteiger partial charge in [0, 0.05) is 12.4 Å². The van der Waals surface area contributed by atoms with E-state index in [1.165, 1.54) is 0 Å². The number of benzene rings is 1. The monoisotopic (exact) mass is 226 g/mol. The Bertz CT molecular complexity index is 554. The fourth-order valence-corrected chi connectivity index (χ4v) is 1.47. The van der Waals surface area contributed by atoms with Crippen molar-refractivity contribution in [3.63, 3.8) is 0 Å². The van der Waals surface area contributed by atoms with Gasteiger partial charge in [0.25, 0.3) is 0 Å². The Morgan fingerprint density at radius 3 is 3.00 bits per heavy atom. The normalized spacial score (nSPS) is 9.59. The van der Waals surface area contributed by atoms with Gasteiger partial charge in [-0.25, -0.2) is 4.98 Å². The molecule has 1 N–H and O–H groups in total. The van der Waals surface area contributed by atoms with Crippen LogP contribution in [0.3, 0.4) is 0 Å². The number of rotatable bonds is 3. The van der Waals surface area contributed by atoms with E-state index in [1.54, 1.807) is 29.4 Å². The molecule has 0 radical (unpaired) electrons. The molecule has 0 aliphatic carbocycles. The van der Waals surface area contributed by atoms with Gasteiger partial charge in [0.15, 0.2) is 0 Å². The van der Waals surface area contributed by atoms with E-state index in [9.17, 15) is 4.79 Å². The lowest BCUT2D eigenvalue weighted by atomic mass is 10.2. The summed E-state index contributed by atoms with van der Waals surface area (Å²) in [7, 11) is 0. The third-order valence-electron chi connectivity index (χ3n) is 2.20. The Labute approximate surface area is 98.3 Å². The zero-order valence-electron chi connectivity index (χ0n) is 9.00. The second kappa shape index (κ2) is 4.94. The van der Waals surface area contributed by atoms with Crippen LogP contribution in [0.5, 0.6) is 0 Å². The molecule has 0 aliphatic heterocycles. The number of carbonyl (C=O) groups excluding carboxylic acids is 1. The van der Waals surface area contributed by atoms with Crippen molar-refractivity contribution in [1.82, 2.24) is 9.55 Å². The van der Waals surface area contributed by atoms with Gasteiger partial charge in [-0.1, -0.05) is 12.1 Å². The van der Waals surface area contributed by atoms with Crippen molar-refractivity contribution in [1.29, 1.82) is 5.26 Å². The molecule has 0 saturated heterocycles. The Balaban J connectivity index is 2.29. The predicted molar refractivity (Wildman–Crippen MR) is 62.4 cm³/mol. The minimum absolute atomic E-state index is 0.155. The first-order valence-electron chi connectivity index (χ1n) is 5.05. The summed E-state index contributed by atoms with van der Waals surface area (Å²) in [5.74, 6) is -0.319. The quantitative estimate of drug-likeness (QED) is 0.866. The largest absolute Gasteiger partial charge is 0.323 e. The maximum atomic E-state index is 11.4. The lowest BCUT2D eigenvalue weighted by Gasteiger charge is -2.10. The van der Waals surface area contributed by atoms with Crippen molar-refractivity contribution in [3.8, 4) is 11.8 Å². The number of hydrogen-bond acceptors (Lipinski definition) is 3. The molecule has 0 saturated carbocycles. The third-order valence-corrected chi connectivity index (χ3v) is 2.20. The van der Waals surface area contributed by atoms with Crippen LogP contribution >= 0.6 is 0 Å². The lowest BCUT2D eigenvalue weighted by Crippen LogP contribution is -2.12. The van der Waals surface area contributed by atoms with Crippen LogP contribution in [0.1, 0.15) is 6.42 Å². The summed E-state index contributed by atoms with van der Waals surface area (Å²) in [4.78, 5) is 15.3. The van der Waals surface area contributed by atoms with Gasteiger partial charge >= 0.3 is 0 Å². The van der Waals surface area contributed by atoms with Gasteiger partial charge < -0.3 is 9.88 Å². The highest BCUT2D eigenvalue weighted by Gasteiger charge is 2.06. The topological polar surface area (TPSA) is 70.7 Å². The van der Waals surface area contributed by atoms with Crippen LogP contribution in [0.2, 0.25) is 0 Å². The maximum absolute atomic E-state index is 11.4. The molecule has 1 aromatic heterocycles. The number of imidazole rings is 1. The summed E-state index contributed by atoms with van der Waals surface area (Å²) < 4.78 is 1.79. The Morgan fingerprint density at radius 1 is 1.47 bits per heavy atom. The molecule has 1 aromatic carbocycles. The summed E-state index contributed by atoms with van der Waals surface area (Å²) in [6.07, 6.45) is 4.94. The van der Waals surface area contributed by atoms with Crippen molar-refractivity contribution in [2.75, 3.05) is 5.32 Å². The van der Waals surface area contributed by atoms with Gasteiger partial charge in [0.05, 0.1) is 23.8 Å². The third kappa shape index (κ3) is 2.49. The minimum Gasteiger partial charge on any atom is -0.323 e. The Kier molecular flexibility index (Phi) is 3.17. The van der Waals surface area contributed by atoms with Gasteiger partial charge in [-0.3, -0.25) is 4.79 Å². The van der Waals surface area contributed by atoms with E-state index < -0.39 is 0 Å². The highest BCUT2D eigenvalue weighted by atomic mass is 16.1. The van der Waals surface area contributed by atoms with E-state index >= 15 is 0 Å². The average molecular weight is 226 g/mol. The summed E-state index contributed by atoms with van der Waals surface area (Å²) in [6, 6.07) is 9.15. The molecule has 1 amide bonds. The minimum atomic E-state index is -0.319. The molecular weight excluding hydrogens is 216 g/mol. The smallest absolute Gasteiger partial charge is 0.238 e. The number of hydrogen-bond donors (Lipinski definition) is 1. The van der Waals surface area contributed by atoms with Crippen LogP contribution in [-0.4, -0.2) is 15.5 Å². The fourth-order valence-electron chi connectivity index (χ4n) is 1.47. The van der Waals surface area contributed by atoms with Crippen LogP contribution < -0.4 is 5.32 Å². The highest BCUT2D eigenvalue weighted by Crippen LogP contribution is 2.19. The molecule has 2 aromatic rings. The number of amides is 1. The molecule has 0 atom stereocenters. The van der Waals surface area contributed by atoms with Gasteiger partial charge in [-0.15, -0.1) is 0 Å². The molecule has 17 heavy (non-hydrogen) atoms. The van der Waals surface area contributed by atoms with Crippen molar-refractivity contribution >= 4 is 11.6 Å². The Morgan fingerprint density at radius 2 is 2.29 bits per heavy atom. The van der Waals surface area contributed by atoms with Crippen LogP contribution in [0.15, 0.2) is 43.0 Å². The zero-order valence-corrected chi connectivity index (χ0v) is 9.00. The molecular formula is C12H10N4O. The number of para-hydroxylation sites is 2. The van der Waals surface area contributed by atoms with E-state index in [2.05, 4.69) is 10.3 Å². The molecule has 0 aliphatic rings. The van der Waals surface area contributed by atoms with Gasteiger partial charge in [0.2, 0.25) is 5.91 Å². The first-order valence-corrected chi connectivity index (χ1v) is 5.05. The number of nitrogens with zero attached hydrogens (tertiary/aromatic N) is 3. The van der Waals surface area contributed by atoms with E-state index in [1.807, 2.05) is 24.3 Å². The highest BCUT2D eigenvalue weighted by molar-refractivity contribution is 5.93. The van der Waals surface area contributed by atoms with Crippen molar-refractivity contribution in [2.45, 2.75) is 6.42 Å². The molecule has 2 rings (SSSR count). The number of nitriles is 1. The Hall–Kier alpha value is -2.61. The van der Waals surface area contributed by atoms with Crippen molar-refractivity contribution < 1.29 is 4.79 Å². The maximum Gasteiger partial charge on any atom is 0.238 e. The van der Waals surface area contributed by atoms with Crippen LogP contribution in [0.25, 0.3) is 5.69 Å². The van der Waals surface area contributed by atoms with Gasteiger partial charge in [-0.05, 0) is 12.1 Å². The first-order chi connectivity index (χ1) is 8.31. The number of carbonyl (C=O) groups is 1. The van der Waals surface area contributed by atoms with Crippen LogP contribution in [-0.2, 0) is 4.79 Å². The molecule has 84 valence electrons. The predicted octanol–water partition coefficient (Wildman–Crippen LogP) is 1.72. The molecule has 1 heterocycles. The molecule has 0 unspecified atom stereocenters. The molecule has 5 nitrogen and oxygen atoms in total. The van der Waals surface area contributed by atoms with E-state index in [4.69, 9.17) is 5.26 Å². The number of anilines is 1. The summed E-state index contributed by atoms with van der Waals surface area (Å²) in [5, 5.41) is 11.1. The fraction of sp³-hybridized carbons (Fsp3) is 0.0833. The first kappa shape index (κ1) is 10.9. The number of nitrogens with one attached hydrogen (secondary N) is 1. The standard InChI is InChI=1S/C12H10N4O/c13-6-5-12(17)15-10-3-1-2-4-11(10)16-8-7-14-9-16/h1-4,7-9H,5H2,(H,15,17). The van der Waals surface area contributed by atoms with Crippen LogP contribution in [0, 0.1) is 11.3 Å². The number of aromatic nitrogens is 2. The molecule has 0 spiro atoms.